The van der Waals surface area contributed by atoms with E-state index in [-0.39, 0.29) is 17.4 Å². The van der Waals surface area contributed by atoms with Crippen LogP contribution in [0.3, 0.4) is 0 Å². The van der Waals surface area contributed by atoms with E-state index in [0.29, 0.717) is 12.1 Å². The molecule has 1 N–H and O–H groups in total. The Bertz CT molecular complexity index is 540. The highest BCUT2D eigenvalue weighted by Crippen LogP contribution is 2.15. The number of aromatic nitrogens is 2. The van der Waals surface area contributed by atoms with Crippen LogP contribution in [0.4, 0.5) is 4.39 Å². The van der Waals surface area contributed by atoms with Gasteiger partial charge in [-0.15, -0.1) is 0 Å². The van der Waals surface area contributed by atoms with Crippen LogP contribution in [0.1, 0.15) is 11.3 Å². The van der Waals surface area contributed by atoms with Crippen molar-refractivity contribution in [1.29, 1.82) is 0 Å². The summed E-state index contributed by atoms with van der Waals surface area (Å²) in [6.07, 6.45) is 3.40. The van der Waals surface area contributed by atoms with Gasteiger partial charge < -0.3 is 5.11 Å². The van der Waals surface area contributed by atoms with Crippen LogP contribution < -0.4 is 0 Å². The summed E-state index contributed by atoms with van der Waals surface area (Å²) in [5.41, 5.74) is 1.32. The molecule has 1 aromatic heterocycles. The van der Waals surface area contributed by atoms with E-state index in [9.17, 15) is 14.3 Å². The Labute approximate surface area is 120 Å². The van der Waals surface area contributed by atoms with E-state index in [1.807, 2.05) is 0 Å². The second-order valence-corrected chi connectivity index (χ2v) is 4.79. The van der Waals surface area contributed by atoms with Crippen molar-refractivity contribution in [3.8, 4) is 0 Å². The van der Waals surface area contributed by atoms with Gasteiger partial charge >= 0.3 is 5.97 Å². The zero-order valence-corrected chi connectivity index (χ0v) is 11.2. The smallest absolute Gasteiger partial charge is 0.307 e. The molecular weight excluding hydrogens is 283 g/mol. The molecule has 0 aliphatic carbocycles. The molecule has 20 heavy (non-hydrogen) atoms. The average Bonchev–Trinajstić information content (AvgIpc) is 2.42. The molecular formula is C14H12ClFN2O2. The standard InChI is InChI=1S/C14H12ClFN2O2/c15-13-8-17-12(7-18-13)6-10(14(19)20)5-9-1-3-11(16)4-2-9/h1-4,7-8,10H,5-6H2,(H,19,20). The molecule has 1 aromatic carbocycles. The Kier molecular flexibility index (Phi) is 4.63. The molecule has 0 saturated heterocycles. The van der Waals surface area contributed by atoms with Crippen molar-refractivity contribution in [2.45, 2.75) is 12.8 Å². The van der Waals surface area contributed by atoms with Gasteiger partial charge in [-0.05, 0) is 24.1 Å². The van der Waals surface area contributed by atoms with E-state index in [1.165, 1.54) is 24.5 Å². The first-order chi connectivity index (χ1) is 9.54. The van der Waals surface area contributed by atoms with Gasteiger partial charge in [0.2, 0.25) is 0 Å². The van der Waals surface area contributed by atoms with E-state index in [4.69, 9.17) is 11.6 Å². The van der Waals surface area contributed by atoms with Crippen LogP contribution in [0.2, 0.25) is 5.15 Å². The summed E-state index contributed by atoms with van der Waals surface area (Å²) in [5.74, 6) is -1.91. The number of benzene rings is 1. The minimum absolute atomic E-state index is 0.247. The minimum atomic E-state index is -0.925. The number of carboxylic acid groups (broad SMARTS) is 1. The Balaban J connectivity index is 2.09. The zero-order valence-electron chi connectivity index (χ0n) is 10.5. The molecule has 0 amide bonds. The lowest BCUT2D eigenvalue weighted by Crippen LogP contribution is -2.19. The molecule has 104 valence electrons. The minimum Gasteiger partial charge on any atom is -0.481 e. The summed E-state index contributed by atoms with van der Waals surface area (Å²) in [6.45, 7) is 0. The van der Waals surface area contributed by atoms with Gasteiger partial charge in [-0.2, -0.15) is 0 Å². The largest absolute Gasteiger partial charge is 0.481 e. The fraction of sp³-hybridized carbons (Fsp3) is 0.214. The SMILES string of the molecule is O=C(O)C(Cc1ccc(F)cc1)Cc1cnc(Cl)cn1. The van der Waals surface area contributed by atoms with Gasteiger partial charge in [-0.25, -0.2) is 9.37 Å². The van der Waals surface area contributed by atoms with Crippen LogP contribution in [0.25, 0.3) is 0 Å². The number of hydrogen-bond donors (Lipinski definition) is 1. The molecule has 0 radical (unpaired) electrons. The lowest BCUT2D eigenvalue weighted by molar-refractivity contribution is -0.141. The van der Waals surface area contributed by atoms with Crippen LogP contribution in [0.15, 0.2) is 36.7 Å². The highest BCUT2D eigenvalue weighted by molar-refractivity contribution is 6.29. The number of carboxylic acids is 1. The van der Waals surface area contributed by atoms with Crippen molar-refractivity contribution >= 4 is 17.6 Å². The van der Waals surface area contributed by atoms with Gasteiger partial charge in [0.05, 0.1) is 24.0 Å². The molecule has 2 aromatic rings. The monoisotopic (exact) mass is 294 g/mol. The number of carbonyl (C=O) groups is 1. The van der Waals surface area contributed by atoms with E-state index < -0.39 is 11.9 Å². The van der Waals surface area contributed by atoms with Crippen molar-refractivity contribution in [2.24, 2.45) is 5.92 Å². The maximum Gasteiger partial charge on any atom is 0.307 e. The summed E-state index contributed by atoms with van der Waals surface area (Å²) >= 11 is 5.63. The molecule has 0 aliphatic heterocycles. The number of aliphatic carboxylic acids is 1. The third-order valence-electron chi connectivity index (χ3n) is 2.87. The van der Waals surface area contributed by atoms with Crippen molar-refractivity contribution < 1.29 is 14.3 Å². The highest BCUT2D eigenvalue weighted by atomic mass is 35.5. The molecule has 6 heteroatoms. The molecule has 2 rings (SSSR count). The summed E-state index contributed by atoms with van der Waals surface area (Å²) in [7, 11) is 0. The second kappa shape index (κ2) is 6.43. The Morgan fingerprint density at radius 1 is 1.20 bits per heavy atom. The summed E-state index contributed by atoms with van der Waals surface area (Å²) < 4.78 is 12.8. The Morgan fingerprint density at radius 3 is 2.45 bits per heavy atom. The molecule has 0 aliphatic rings. The van der Waals surface area contributed by atoms with Gasteiger partial charge in [0, 0.05) is 6.42 Å². The van der Waals surface area contributed by atoms with Gasteiger partial charge in [0.1, 0.15) is 11.0 Å². The molecule has 1 heterocycles. The molecule has 1 unspecified atom stereocenters. The summed E-state index contributed by atoms with van der Waals surface area (Å²) in [6, 6.07) is 5.80. The maximum absolute atomic E-state index is 12.8. The van der Waals surface area contributed by atoms with Gasteiger partial charge in [0.25, 0.3) is 0 Å². The third kappa shape index (κ3) is 3.99. The van der Waals surface area contributed by atoms with E-state index in [0.717, 1.165) is 5.56 Å². The zero-order chi connectivity index (χ0) is 14.5. The lowest BCUT2D eigenvalue weighted by Gasteiger charge is -2.11. The topological polar surface area (TPSA) is 63.1 Å². The van der Waals surface area contributed by atoms with Gasteiger partial charge in [-0.3, -0.25) is 9.78 Å². The van der Waals surface area contributed by atoms with Crippen LogP contribution in [-0.2, 0) is 17.6 Å². The van der Waals surface area contributed by atoms with Crippen molar-refractivity contribution in [1.82, 2.24) is 9.97 Å². The summed E-state index contributed by atoms with van der Waals surface area (Å²) in [5, 5.41) is 9.52. The predicted molar refractivity (Wildman–Crippen MR) is 72.0 cm³/mol. The van der Waals surface area contributed by atoms with Crippen molar-refractivity contribution in [3.05, 3.63) is 58.9 Å². The van der Waals surface area contributed by atoms with Gasteiger partial charge in [-0.1, -0.05) is 23.7 Å². The summed E-state index contributed by atoms with van der Waals surface area (Å²) in [4.78, 5) is 19.2. The first-order valence-electron chi connectivity index (χ1n) is 5.98. The normalized spacial score (nSPS) is 12.1. The second-order valence-electron chi connectivity index (χ2n) is 4.40. The van der Waals surface area contributed by atoms with Gasteiger partial charge in [0.15, 0.2) is 0 Å². The maximum atomic E-state index is 12.8. The molecule has 0 fully saturated rings. The number of rotatable bonds is 5. The number of halogens is 2. The first kappa shape index (κ1) is 14.4. The molecule has 4 nitrogen and oxygen atoms in total. The highest BCUT2D eigenvalue weighted by Gasteiger charge is 2.19. The van der Waals surface area contributed by atoms with Crippen molar-refractivity contribution in [3.63, 3.8) is 0 Å². The van der Waals surface area contributed by atoms with Crippen LogP contribution in [0.5, 0.6) is 0 Å². The van der Waals surface area contributed by atoms with Crippen LogP contribution in [-0.4, -0.2) is 21.0 Å². The predicted octanol–water partition coefficient (Wildman–Crippen LogP) is 2.76. The molecule has 0 saturated carbocycles. The van der Waals surface area contributed by atoms with E-state index >= 15 is 0 Å². The quantitative estimate of drug-likeness (QED) is 0.921. The first-order valence-corrected chi connectivity index (χ1v) is 6.36. The number of hydrogen-bond acceptors (Lipinski definition) is 3. The lowest BCUT2D eigenvalue weighted by atomic mass is 9.95. The fourth-order valence-corrected chi connectivity index (χ4v) is 1.95. The number of nitrogens with zero attached hydrogens (tertiary/aromatic N) is 2. The third-order valence-corrected chi connectivity index (χ3v) is 3.07. The van der Waals surface area contributed by atoms with E-state index in [1.54, 1.807) is 12.1 Å². The molecule has 1 atom stereocenters. The fourth-order valence-electron chi connectivity index (χ4n) is 1.85. The molecule has 0 bridgehead atoms. The van der Waals surface area contributed by atoms with Crippen LogP contribution >= 0.6 is 11.6 Å². The van der Waals surface area contributed by atoms with Crippen molar-refractivity contribution in [2.75, 3.05) is 0 Å². The van der Waals surface area contributed by atoms with E-state index in [2.05, 4.69) is 9.97 Å². The van der Waals surface area contributed by atoms with Crippen LogP contribution in [0, 0.1) is 11.7 Å². The molecule has 0 spiro atoms. The Hall–Kier alpha value is -2.01. The Morgan fingerprint density at radius 2 is 1.90 bits per heavy atom. The average molecular weight is 295 g/mol.